The number of nitrogens with zero attached hydrogens (tertiary/aromatic N) is 2. The molecule has 0 atom stereocenters. The van der Waals surface area contributed by atoms with Crippen LogP contribution in [0, 0.1) is 25.7 Å². The van der Waals surface area contributed by atoms with Crippen molar-refractivity contribution >= 4 is 79.8 Å². The number of nitrogens with two attached hydrogens (primary N) is 1. The summed E-state index contributed by atoms with van der Waals surface area (Å²) < 4.78 is 0. The van der Waals surface area contributed by atoms with Crippen molar-refractivity contribution in [3.63, 3.8) is 0 Å². The molecule has 2 aliphatic carbocycles. The molecule has 14 nitrogen and oxygen atoms in total. The van der Waals surface area contributed by atoms with Crippen molar-refractivity contribution in [2.45, 2.75) is 78.1 Å². The second-order valence-corrected chi connectivity index (χ2v) is 15.9. The number of aryl methyl sites for hydroxylation is 2. The molecule has 4 aromatic rings. The Hall–Kier alpha value is -5.48. The van der Waals surface area contributed by atoms with Crippen LogP contribution in [0.4, 0.5) is 31.2 Å². The summed E-state index contributed by atoms with van der Waals surface area (Å²) in [5, 5.41) is 14.1. The molecular weight excluding hydrogens is 741 g/mol. The van der Waals surface area contributed by atoms with E-state index in [1.807, 2.05) is 38.1 Å². The van der Waals surface area contributed by atoms with Gasteiger partial charge in [-0.2, -0.15) is 0 Å². The highest BCUT2D eigenvalue weighted by atomic mass is 32.1. The Balaban J connectivity index is 0.000000211. The summed E-state index contributed by atoms with van der Waals surface area (Å²) in [7, 11) is 1.57. The Bertz CT molecular complexity index is 2050. The molecule has 0 unspecified atom stereocenters. The van der Waals surface area contributed by atoms with Gasteiger partial charge in [-0.05, 0) is 63.8 Å². The van der Waals surface area contributed by atoms with E-state index < -0.39 is 18.0 Å². The van der Waals surface area contributed by atoms with Gasteiger partial charge in [0, 0.05) is 52.2 Å². The van der Waals surface area contributed by atoms with Crippen molar-refractivity contribution in [2.75, 3.05) is 28.3 Å². The number of aromatic nitrogens is 2. The van der Waals surface area contributed by atoms with Crippen LogP contribution in [0.25, 0.3) is 0 Å². The molecule has 0 saturated heterocycles. The quantitative estimate of drug-likeness (QED) is 0.0803. The molecule has 6 rings (SSSR count). The molecule has 290 valence electrons. The van der Waals surface area contributed by atoms with E-state index in [0.29, 0.717) is 37.6 Å². The van der Waals surface area contributed by atoms with E-state index in [2.05, 4.69) is 36.6 Å². The number of ketones is 2. The molecule has 6 amide bonds. The van der Waals surface area contributed by atoms with Crippen LogP contribution < -0.4 is 32.3 Å². The lowest BCUT2D eigenvalue weighted by molar-refractivity contribution is -0.120. The van der Waals surface area contributed by atoms with Crippen LogP contribution in [0.2, 0.25) is 0 Å². The van der Waals surface area contributed by atoms with Crippen LogP contribution in [-0.4, -0.2) is 52.5 Å². The number of urea groups is 2. The maximum atomic E-state index is 12.9. The van der Waals surface area contributed by atoms with Crippen LogP contribution in [0.3, 0.4) is 0 Å². The van der Waals surface area contributed by atoms with Gasteiger partial charge in [0.05, 0.1) is 24.2 Å². The van der Waals surface area contributed by atoms with Gasteiger partial charge in [0.15, 0.2) is 21.8 Å². The van der Waals surface area contributed by atoms with Crippen molar-refractivity contribution in [1.82, 2.24) is 15.3 Å². The predicted molar refractivity (Wildman–Crippen MR) is 215 cm³/mol. The molecular formula is C39H46N8O6S2. The third-order valence-corrected chi connectivity index (χ3v) is 11.2. The van der Waals surface area contributed by atoms with Gasteiger partial charge in [-0.15, -0.1) is 22.7 Å². The normalized spacial score (nSPS) is 14.0. The van der Waals surface area contributed by atoms with Gasteiger partial charge in [0.2, 0.25) is 11.8 Å². The summed E-state index contributed by atoms with van der Waals surface area (Å²) in [5.74, 6) is -0.316. The summed E-state index contributed by atoms with van der Waals surface area (Å²) in [6.07, 6.45) is 11.3. The monoisotopic (exact) mass is 786 g/mol. The Labute approximate surface area is 327 Å². The number of amides is 6. The van der Waals surface area contributed by atoms with Gasteiger partial charge in [0.1, 0.15) is 0 Å². The highest BCUT2D eigenvalue weighted by molar-refractivity contribution is 7.16. The van der Waals surface area contributed by atoms with Crippen molar-refractivity contribution in [1.29, 1.82) is 0 Å². The first-order valence-corrected chi connectivity index (χ1v) is 19.9. The largest absolute Gasteiger partial charge is 0.369 e. The number of primary amides is 1. The van der Waals surface area contributed by atoms with Gasteiger partial charge in [-0.1, -0.05) is 48.9 Å². The SMILES string of the molecule is CNC(=O)Cc1cnc(NC(=O)Nc2ccc(C)cc2C(=O)C2CCCC2)s1.Cc1ccc(NC(=O)Nc2ncc(CC(N)=O)s2)c(C(=O)C2CCCC2)c1. The molecule has 7 N–H and O–H groups in total. The van der Waals surface area contributed by atoms with Crippen LogP contribution in [0.5, 0.6) is 0 Å². The molecule has 2 aromatic heterocycles. The van der Waals surface area contributed by atoms with Crippen LogP contribution in [-0.2, 0) is 22.4 Å². The lowest BCUT2D eigenvalue weighted by Gasteiger charge is -2.14. The van der Waals surface area contributed by atoms with Crippen LogP contribution in [0.1, 0.15) is 93.0 Å². The molecule has 2 aromatic carbocycles. The molecule has 2 heterocycles. The highest BCUT2D eigenvalue weighted by Gasteiger charge is 2.27. The van der Waals surface area contributed by atoms with E-state index in [4.69, 9.17) is 5.73 Å². The molecule has 2 fully saturated rings. The minimum Gasteiger partial charge on any atom is -0.369 e. The molecule has 0 aliphatic heterocycles. The predicted octanol–water partition coefficient (Wildman–Crippen LogP) is 7.25. The van der Waals surface area contributed by atoms with E-state index in [-0.39, 0.29) is 42.2 Å². The summed E-state index contributed by atoms with van der Waals surface area (Å²) in [5.41, 5.74) is 9.20. The lowest BCUT2D eigenvalue weighted by Crippen LogP contribution is -2.22. The average Bonchev–Trinajstić information content (AvgIpc) is 3.99. The summed E-state index contributed by atoms with van der Waals surface area (Å²) in [6.45, 7) is 3.85. The third-order valence-electron chi connectivity index (χ3n) is 9.34. The van der Waals surface area contributed by atoms with Crippen molar-refractivity contribution in [3.8, 4) is 0 Å². The molecule has 2 aliphatic rings. The van der Waals surface area contributed by atoms with E-state index in [1.165, 1.54) is 28.9 Å². The van der Waals surface area contributed by atoms with Crippen molar-refractivity contribution < 1.29 is 28.8 Å². The number of carbonyl (C=O) groups is 6. The van der Waals surface area contributed by atoms with Crippen molar-refractivity contribution in [3.05, 3.63) is 80.8 Å². The van der Waals surface area contributed by atoms with Gasteiger partial charge in [-0.25, -0.2) is 19.6 Å². The molecule has 2 saturated carbocycles. The van der Waals surface area contributed by atoms with E-state index in [9.17, 15) is 28.8 Å². The van der Waals surface area contributed by atoms with E-state index in [0.717, 1.165) is 67.4 Å². The number of Topliss-reactive ketones (excluding diaryl/α,β-unsaturated/α-hetero) is 2. The first-order chi connectivity index (χ1) is 26.4. The van der Waals surface area contributed by atoms with Gasteiger partial charge >= 0.3 is 12.1 Å². The fourth-order valence-electron chi connectivity index (χ4n) is 6.57. The third kappa shape index (κ3) is 11.8. The zero-order valence-electron chi connectivity index (χ0n) is 31.1. The van der Waals surface area contributed by atoms with E-state index in [1.54, 1.807) is 25.4 Å². The Morgan fingerprint density at radius 2 is 1.07 bits per heavy atom. The average molecular weight is 787 g/mol. The number of likely N-dealkylation sites (N-methyl/N-ethyl adjacent to an activating group) is 1. The maximum absolute atomic E-state index is 12.9. The smallest absolute Gasteiger partial charge is 0.325 e. The molecule has 16 heteroatoms. The second kappa shape index (κ2) is 19.2. The zero-order valence-corrected chi connectivity index (χ0v) is 32.7. The standard InChI is InChI=1S/C20H24N4O3S.C19H22N4O3S/c1-12-7-8-16(15(9-12)18(26)13-5-3-4-6-13)23-19(27)24-20-22-11-14(28-20)10-17(25)21-2;1-11-6-7-15(14(8-11)17(25)12-4-2-3-5-12)22-18(26)23-19-21-10-13(27-19)9-16(20)24/h7-9,11,13H,3-6,10H2,1-2H3,(H,21,25)(H2,22,23,24,27);6-8,10,12H,2-5,9H2,1H3,(H2,20,24)(H2,21,22,23,26). The topological polar surface area (TPSA) is 214 Å². The lowest BCUT2D eigenvalue weighted by atomic mass is 9.94. The maximum Gasteiger partial charge on any atom is 0.325 e. The summed E-state index contributed by atoms with van der Waals surface area (Å²) in [4.78, 5) is 82.4. The van der Waals surface area contributed by atoms with Gasteiger partial charge in [-0.3, -0.25) is 29.8 Å². The van der Waals surface area contributed by atoms with Crippen LogP contribution in [0.15, 0.2) is 48.8 Å². The molecule has 0 radical (unpaired) electrons. The van der Waals surface area contributed by atoms with E-state index >= 15 is 0 Å². The molecule has 55 heavy (non-hydrogen) atoms. The molecule has 0 spiro atoms. The Morgan fingerprint density at radius 3 is 1.47 bits per heavy atom. The fourth-order valence-corrected chi connectivity index (χ4v) is 8.19. The molecule has 0 bridgehead atoms. The zero-order chi connectivity index (χ0) is 39.5. The number of benzene rings is 2. The summed E-state index contributed by atoms with van der Waals surface area (Å²) >= 11 is 2.42. The first kappa shape index (κ1) is 40.7. The Kier molecular flexibility index (Phi) is 14.2. The number of nitrogens with one attached hydrogen (secondary N) is 5. The second-order valence-electron chi connectivity index (χ2n) is 13.7. The van der Waals surface area contributed by atoms with Crippen molar-refractivity contribution in [2.24, 2.45) is 17.6 Å². The minimum absolute atomic E-state index is 0.0331. The van der Waals surface area contributed by atoms with Gasteiger partial charge in [0.25, 0.3) is 0 Å². The number of thiazole rings is 2. The number of hydrogen-bond acceptors (Lipinski definition) is 10. The first-order valence-electron chi connectivity index (χ1n) is 18.2. The van der Waals surface area contributed by atoms with Crippen LogP contribution >= 0.6 is 22.7 Å². The summed E-state index contributed by atoms with van der Waals surface area (Å²) in [6, 6.07) is 9.94. The minimum atomic E-state index is -0.487. The number of rotatable bonds is 12. The van der Waals surface area contributed by atoms with Gasteiger partial charge < -0.3 is 21.7 Å². The fraction of sp³-hybridized carbons (Fsp3) is 0.385. The highest BCUT2D eigenvalue weighted by Crippen LogP contribution is 2.32. The number of carbonyl (C=O) groups excluding carboxylic acids is 6. The Morgan fingerprint density at radius 1 is 0.655 bits per heavy atom. The number of hydrogen-bond donors (Lipinski definition) is 6. The number of anilines is 4.